The molecular weight excluding hydrogens is 653 g/mol. The number of benzene rings is 3. The van der Waals surface area contributed by atoms with Crippen molar-refractivity contribution in [1.29, 1.82) is 0 Å². The molecule has 2 amide bonds. The van der Waals surface area contributed by atoms with Crippen molar-refractivity contribution in [3.63, 3.8) is 0 Å². The van der Waals surface area contributed by atoms with Gasteiger partial charge in [0.1, 0.15) is 12.4 Å². The normalized spacial score (nSPS) is 14.4. The molecule has 0 N–H and O–H groups in total. The molecule has 0 bridgehead atoms. The molecular formula is C40H37F3N6O2. The van der Waals surface area contributed by atoms with Crippen LogP contribution in [0.4, 0.5) is 13.2 Å². The van der Waals surface area contributed by atoms with E-state index in [9.17, 15) is 22.8 Å². The third kappa shape index (κ3) is 9.52. The molecule has 0 aliphatic carbocycles. The number of carbonyl (C=O) groups is 2. The smallest absolute Gasteiger partial charge is 0.338 e. The first kappa shape index (κ1) is 35.2. The maximum absolute atomic E-state index is 14.5. The molecule has 3 aromatic carbocycles. The standard InChI is InChI=1S/C40H37F3N6O2/c41-40(42,43)35-16-11-30(12-17-35)13-18-38(50)49(28-32-9-14-34(15-10-32)36-8-4-5-19-46-36)37(24-31-6-2-1-3-7-31)39(51)48-22-20-47(21-23-48)27-33-25-44-29-45-26-33/h1-19,25-26,29,37H,20-24,27-28H2/b18-13+/t37-/m0/s1. The minimum Gasteiger partial charge on any atom is -0.338 e. The fourth-order valence-corrected chi connectivity index (χ4v) is 6.07. The van der Waals surface area contributed by atoms with E-state index >= 15 is 0 Å². The molecule has 1 fully saturated rings. The number of amides is 2. The first-order chi connectivity index (χ1) is 24.7. The van der Waals surface area contributed by atoms with E-state index in [1.165, 1.54) is 30.6 Å². The van der Waals surface area contributed by atoms with E-state index in [0.717, 1.165) is 40.1 Å². The molecule has 51 heavy (non-hydrogen) atoms. The third-order valence-corrected chi connectivity index (χ3v) is 8.84. The second kappa shape index (κ2) is 16.4. The Morgan fingerprint density at radius 2 is 1.47 bits per heavy atom. The van der Waals surface area contributed by atoms with Crippen molar-refractivity contribution in [1.82, 2.24) is 29.7 Å². The first-order valence-electron chi connectivity index (χ1n) is 16.7. The highest BCUT2D eigenvalue weighted by molar-refractivity contribution is 5.95. The van der Waals surface area contributed by atoms with E-state index in [1.54, 1.807) is 23.5 Å². The predicted octanol–water partition coefficient (Wildman–Crippen LogP) is 6.56. The quantitative estimate of drug-likeness (QED) is 0.146. The summed E-state index contributed by atoms with van der Waals surface area (Å²) in [7, 11) is 0. The average molecular weight is 691 g/mol. The number of piperazine rings is 1. The summed E-state index contributed by atoms with van der Waals surface area (Å²) in [6, 6.07) is 26.7. The molecule has 5 aromatic rings. The van der Waals surface area contributed by atoms with Gasteiger partial charge in [-0.2, -0.15) is 13.2 Å². The zero-order chi connectivity index (χ0) is 35.6. The molecule has 1 atom stereocenters. The van der Waals surface area contributed by atoms with Crippen LogP contribution >= 0.6 is 0 Å². The Balaban J connectivity index is 1.28. The number of hydrogen-bond donors (Lipinski definition) is 0. The van der Waals surface area contributed by atoms with Crippen LogP contribution in [0.1, 0.15) is 27.8 Å². The number of alkyl halides is 3. The van der Waals surface area contributed by atoms with Gasteiger partial charge in [-0.15, -0.1) is 0 Å². The maximum Gasteiger partial charge on any atom is 0.416 e. The van der Waals surface area contributed by atoms with E-state index < -0.39 is 23.7 Å². The molecule has 2 aromatic heterocycles. The van der Waals surface area contributed by atoms with Gasteiger partial charge >= 0.3 is 6.18 Å². The van der Waals surface area contributed by atoms with Gasteiger partial charge in [-0.3, -0.25) is 19.5 Å². The number of pyridine rings is 1. The lowest BCUT2D eigenvalue weighted by atomic mass is 10.0. The molecule has 6 rings (SSSR count). The zero-order valence-electron chi connectivity index (χ0n) is 27.9. The van der Waals surface area contributed by atoms with Gasteiger partial charge in [0.15, 0.2) is 0 Å². The molecule has 260 valence electrons. The van der Waals surface area contributed by atoms with Crippen molar-refractivity contribution in [2.45, 2.75) is 31.7 Å². The van der Waals surface area contributed by atoms with E-state index in [-0.39, 0.29) is 18.9 Å². The second-order valence-corrected chi connectivity index (χ2v) is 12.4. The van der Waals surface area contributed by atoms with E-state index in [4.69, 9.17) is 0 Å². The van der Waals surface area contributed by atoms with Gasteiger partial charge in [-0.25, -0.2) is 9.97 Å². The Kier molecular flexibility index (Phi) is 11.3. The molecule has 1 aliphatic heterocycles. The molecule has 0 unspecified atom stereocenters. The zero-order valence-corrected chi connectivity index (χ0v) is 27.9. The highest BCUT2D eigenvalue weighted by Gasteiger charge is 2.34. The van der Waals surface area contributed by atoms with Gasteiger partial charge in [-0.05, 0) is 47.0 Å². The van der Waals surface area contributed by atoms with Crippen molar-refractivity contribution in [3.8, 4) is 11.3 Å². The molecule has 11 heteroatoms. The minimum atomic E-state index is -4.46. The summed E-state index contributed by atoms with van der Waals surface area (Å²) in [6.45, 7) is 3.07. The molecule has 3 heterocycles. The van der Waals surface area contributed by atoms with Crippen LogP contribution < -0.4 is 0 Å². The van der Waals surface area contributed by atoms with Crippen LogP contribution in [-0.2, 0) is 35.3 Å². The Hall–Kier alpha value is -5.68. The molecule has 1 aliphatic rings. The molecule has 8 nitrogen and oxygen atoms in total. The minimum absolute atomic E-state index is 0.135. The van der Waals surface area contributed by atoms with Crippen LogP contribution in [0.5, 0.6) is 0 Å². The van der Waals surface area contributed by atoms with E-state index in [2.05, 4.69) is 19.9 Å². The number of aromatic nitrogens is 3. The second-order valence-electron chi connectivity index (χ2n) is 12.4. The lowest BCUT2D eigenvalue weighted by Gasteiger charge is -2.39. The Morgan fingerprint density at radius 3 is 2.12 bits per heavy atom. The molecule has 0 saturated carbocycles. The van der Waals surface area contributed by atoms with Crippen LogP contribution in [-0.4, -0.2) is 73.7 Å². The monoisotopic (exact) mass is 690 g/mol. The number of carbonyl (C=O) groups excluding carboxylic acids is 2. The maximum atomic E-state index is 14.5. The highest BCUT2D eigenvalue weighted by atomic mass is 19.4. The largest absolute Gasteiger partial charge is 0.416 e. The highest BCUT2D eigenvalue weighted by Crippen LogP contribution is 2.29. The summed E-state index contributed by atoms with van der Waals surface area (Å²) >= 11 is 0. The number of rotatable bonds is 11. The van der Waals surface area contributed by atoms with E-state index in [1.807, 2.05) is 77.7 Å². The third-order valence-electron chi connectivity index (χ3n) is 8.84. The summed E-state index contributed by atoms with van der Waals surface area (Å²) in [5.74, 6) is -0.594. The average Bonchev–Trinajstić information content (AvgIpc) is 3.16. The van der Waals surface area contributed by atoms with Crippen LogP contribution in [0.3, 0.4) is 0 Å². The SMILES string of the molecule is O=C([C@H](Cc1ccccc1)N(Cc1ccc(-c2ccccn2)cc1)C(=O)/C=C/c1ccc(C(F)(F)F)cc1)N1CCN(Cc2cncnc2)CC1. The van der Waals surface area contributed by atoms with Crippen molar-refractivity contribution in [2.75, 3.05) is 26.2 Å². The van der Waals surface area contributed by atoms with Gasteiger partial charge in [0.2, 0.25) is 11.8 Å². The van der Waals surface area contributed by atoms with Crippen LogP contribution in [0.15, 0.2) is 128 Å². The fourth-order valence-electron chi connectivity index (χ4n) is 6.07. The lowest BCUT2D eigenvalue weighted by molar-refractivity contribution is -0.145. The summed E-state index contributed by atoms with van der Waals surface area (Å²) in [4.78, 5) is 46.9. The van der Waals surface area contributed by atoms with Gasteiger partial charge in [0.25, 0.3) is 0 Å². The Morgan fingerprint density at radius 1 is 0.784 bits per heavy atom. The fraction of sp³-hybridized carbons (Fsp3) is 0.225. The number of hydrogen-bond acceptors (Lipinski definition) is 6. The first-order valence-corrected chi connectivity index (χ1v) is 16.7. The number of nitrogens with zero attached hydrogens (tertiary/aromatic N) is 6. The predicted molar refractivity (Wildman–Crippen MR) is 189 cm³/mol. The van der Waals surface area contributed by atoms with Crippen molar-refractivity contribution < 1.29 is 22.8 Å². The Bertz CT molecular complexity index is 1900. The van der Waals surface area contributed by atoms with Crippen molar-refractivity contribution in [2.24, 2.45) is 0 Å². The van der Waals surface area contributed by atoms with Gasteiger partial charge in [0.05, 0.1) is 11.3 Å². The summed E-state index contributed by atoms with van der Waals surface area (Å²) in [5, 5.41) is 0. The van der Waals surface area contributed by atoms with Crippen LogP contribution in [0, 0.1) is 0 Å². The molecule has 0 radical (unpaired) electrons. The summed E-state index contributed by atoms with van der Waals surface area (Å²) < 4.78 is 39.5. The molecule has 1 saturated heterocycles. The van der Waals surface area contributed by atoms with Gasteiger partial charge < -0.3 is 9.80 Å². The van der Waals surface area contributed by atoms with Gasteiger partial charge in [0, 0.05) is 81.5 Å². The topological polar surface area (TPSA) is 82.5 Å². The van der Waals surface area contributed by atoms with Crippen molar-refractivity contribution in [3.05, 3.63) is 156 Å². The number of halogens is 3. The summed E-state index contributed by atoms with van der Waals surface area (Å²) in [6.07, 6.45) is 5.41. The van der Waals surface area contributed by atoms with Crippen molar-refractivity contribution >= 4 is 17.9 Å². The van der Waals surface area contributed by atoms with Gasteiger partial charge in [-0.1, -0.05) is 72.8 Å². The van der Waals surface area contributed by atoms with Crippen LogP contribution in [0.2, 0.25) is 0 Å². The Labute approximate surface area is 294 Å². The summed E-state index contributed by atoms with van der Waals surface area (Å²) in [5.41, 5.74) is 4.09. The van der Waals surface area contributed by atoms with Crippen LogP contribution in [0.25, 0.3) is 17.3 Å². The van der Waals surface area contributed by atoms with E-state index in [0.29, 0.717) is 38.3 Å². The lowest BCUT2D eigenvalue weighted by Crippen LogP contribution is -2.56. The molecule has 0 spiro atoms.